The van der Waals surface area contributed by atoms with Crippen LogP contribution in [0.5, 0.6) is 0 Å². The number of rotatable bonds is 2. The summed E-state index contributed by atoms with van der Waals surface area (Å²) in [7, 11) is 0. The molecule has 1 aromatic carbocycles. The minimum Gasteiger partial charge on any atom is -0.324 e. The van der Waals surface area contributed by atoms with Crippen molar-refractivity contribution in [1.29, 1.82) is 0 Å². The van der Waals surface area contributed by atoms with E-state index in [0.29, 0.717) is 11.5 Å². The second-order valence-electron chi connectivity index (χ2n) is 5.21. The van der Waals surface area contributed by atoms with Crippen molar-refractivity contribution in [3.63, 3.8) is 0 Å². The van der Waals surface area contributed by atoms with Crippen molar-refractivity contribution in [3.8, 4) is 0 Å². The third-order valence-electron chi connectivity index (χ3n) is 3.89. The zero-order valence-corrected chi connectivity index (χ0v) is 11.7. The number of hydrogen-bond acceptors (Lipinski definition) is 1. The molecule has 17 heavy (non-hydrogen) atoms. The Morgan fingerprint density at radius 2 is 1.94 bits per heavy atom. The average Bonchev–Trinajstić information content (AvgIpc) is 2.32. The summed E-state index contributed by atoms with van der Waals surface area (Å²) in [4.78, 5) is 0. The van der Waals surface area contributed by atoms with E-state index in [9.17, 15) is 4.39 Å². The van der Waals surface area contributed by atoms with Crippen LogP contribution in [-0.4, -0.2) is 0 Å². The van der Waals surface area contributed by atoms with Gasteiger partial charge in [-0.15, -0.1) is 0 Å². The van der Waals surface area contributed by atoms with Crippen LogP contribution in [0.4, 0.5) is 4.39 Å². The smallest absolute Gasteiger partial charge is 0.128 e. The fourth-order valence-electron chi connectivity index (χ4n) is 2.67. The lowest BCUT2D eigenvalue weighted by molar-refractivity contribution is 0.253. The molecule has 1 nitrogen and oxygen atoms in total. The Labute approximate surface area is 111 Å². The molecule has 1 unspecified atom stereocenters. The quantitative estimate of drug-likeness (QED) is 0.860. The largest absolute Gasteiger partial charge is 0.324 e. The molecule has 0 spiro atoms. The van der Waals surface area contributed by atoms with Crippen LogP contribution in [0.3, 0.4) is 0 Å². The van der Waals surface area contributed by atoms with Gasteiger partial charge in [-0.05, 0) is 42.9 Å². The molecule has 3 heteroatoms. The maximum absolute atomic E-state index is 13.8. The highest BCUT2D eigenvalue weighted by Gasteiger charge is 2.26. The Bertz CT molecular complexity index is 386. The topological polar surface area (TPSA) is 26.0 Å². The molecule has 1 aromatic rings. The first-order chi connectivity index (χ1) is 8.08. The molecule has 0 saturated heterocycles. The van der Waals surface area contributed by atoms with E-state index in [4.69, 9.17) is 5.73 Å². The summed E-state index contributed by atoms with van der Waals surface area (Å²) in [6, 6.07) is 4.86. The lowest BCUT2D eigenvalue weighted by Gasteiger charge is -2.31. The average molecular weight is 300 g/mol. The molecule has 0 radical (unpaired) electrons. The van der Waals surface area contributed by atoms with Crippen LogP contribution in [0.15, 0.2) is 22.7 Å². The predicted molar refractivity (Wildman–Crippen MR) is 72.2 cm³/mol. The minimum atomic E-state index is -0.181. The van der Waals surface area contributed by atoms with E-state index in [0.717, 1.165) is 23.2 Å². The van der Waals surface area contributed by atoms with Gasteiger partial charge in [-0.3, -0.25) is 0 Å². The van der Waals surface area contributed by atoms with Gasteiger partial charge in [0.15, 0.2) is 0 Å². The van der Waals surface area contributed by atoms with Crippen LogP contribution < -0.4 is 5.73 Å². The van der Waals surface area contributed by atoms with Crippen LogP contribution in [0.25, 0.3) is 0 Å². The van der Waals surface area contributed by atoms with Crippen LogP contribution in [-0.2, 0) is 0 Å². The van der Waals surface area contributed by atoms with E-state index in [-0.39, 0.29) is 11.9 Å². The minimum absolute atomic E-state index is 0.167. The molecule has 1 aliphatic carbocycles. The summed E-state index contributed by atoms with van der Waals surface area (Å²) >= 11 is 3.38. The van der Waals surface area contributed by atoms with Gasteiger partial charge in [0.1, 0.15) is 5.82 Å². The maximum Gasteiger partial charge on any atom is 0.128 e. The van der Waals surface area contributed by atoms with Crippen molar-refractivity contribution in [2.75, 3.05) is 0 Å². The predicted octanol–water partition coefficient (Wildman–Crippen LogP) is 4.41. The van der Waals surface area contributed by atoms with Crippen molar-refractivity contribution in [2.45, 2.75) is 38.6 Å². The summed E-state index contributed by atoms with van der Waals surface area (Å²) < 4.78 is 14.6. The lowest BCUT2D eigenvalue weighted by atomic mass is 9.77. The fraction of sp³-hybridized carbons (Fsp3) is 0.571. The molecular weight excluding hydrogens is 281 g/mol. The second kappa shape index (κ2) is 5.49. The van der Waals surface area contributed by atoms with Gasteiger partial charge >= 0.3 is 0 Å². The molecule has 1 aliphatic rings. The molecule has 1 saturated carbocycles. The maximum atomic E-state index is 13.8. The van der Waals surface area contributed by atoms with Gasteiger partial charge in [0.25, 0.3) is 0 Å². The summed E-state index contributed by atoms with van der Waals surface area (Å²) in [5, 5.41) is 0. The Morgan fingerprint density at radius 3 is 2.59 bits per heavy atom. The standard InChI is InChI=1S/C14H19BrFN/c1-9-2-4-10(5-3-9)14(17)12-8-11(15)6-7-13(12)16/h6-10,14H,2-5,17H2,1H3. The summed E-state index contributed by atoms with van der Waals surface area (Å²) in [5.41, 5.74) is 6.88. The Morgan fingerprint density at radius 1 is 1.29 bits per heavy atom. The normalized spacial score (nSPS) is 26.8. The molecule has 1 atom stereocenters. The first-order valence-electron chi connectivity index (χ1n) is 6.28. The SMILES string of the molecule is CC1CCC(C(N)c2cc(Br)ccc2F)CC1. The van der Waals surface area contributed by atoms with E-state index in [1.165, 1.54) is 18.9 Å². The van der Waals surface area contributed by atoms with Crippen molar-refractivity contribution in [1.82, 2.24) is 0 Å². The van der Waals surface area contributed by atoms with Crippen LogP contribution in [0.2, 0.25) is 0 Å². The van der Waals surface area contributed by atoms with Gasteiger partial charge < -0.3 is 5.73 Å². The first kappa shape index (κ1) is 13.0. The number of halogens is 2. The van der Waals surface area contributed by atoms with Gasteiger partial charge in [0.2, 0.25) is 0 Å². The molecule has 2 N–H and O–H groups in total. The molecule has 1 fully saturated rings. The zero-order valence-electron chi connectivity index (χ0n) is 10.1. The molecule has 0 heterocycles. The van der Waals surface area contributed by atoms with Crippen LogP contribution >= 0.6 is 15.9 Å². The second-order valence-corrected chi connectivity index (χ2v) is 6.13. The van der Waals surface area contributed by atoms with E-state index in [2.05, 4.69) is 22.9 Å². The highest BCUT2D eigenvalue weighted by Crippen LogP contribution is 2.36. The molecule has 94 valence electrons. The van der Waals surface area contributed by atoms with Gasteiger partial charge in [-0.25, -0.2) is 4.39 Å². The first-order valence-corrected chi connectivity index (χ1v) is 7.07. The van der Waals surface area contributed by atoms with Crippen molar-refractivity contribution < 1.29 is 4.39 Å². The highest BCUT2D eigenvalue weighted by molar-refractivity contribution is 9.10. The van der Waals surface area contributed by atoms with E-state index >= 15 is 0 Å². The van der Waals surface area contributed by atoms with Crippen molar-refractivity contribution in [3.05, 3.63) is 34.1 Å². The van der Waals surface area contributed by atoms with Gasteiger partial charge in [-0.1, -0.05) is 35.7 Å². The summed E-state index contributed by atoms with van der Waals surface area (Å²) in [6.45, 7) is 2.28. The van der Waals surface area contributed by atoms with Crippen LogP contribution in [0, 0.1) is 17.7 Å². The number of benzene rings is 1. The molecule has 0 aromatic heterocycles. The molecule has 0 bridgehead atoms. The fourth-order valence-corrected chi connectivity index (χ4v) is 3.05. The summed E-state index contributed by atoms with van der Waals surface area (Å²) in [6.07, 6.45) is 4.67. The van der Waals surface area contributed by atoms with E-state index in [1.54, 1.807) is 6.07 Å². The Kier molecular flexibility index (Phi) is 4.21. The van der Waals surface area contributed by atoms with Crippen LogP contribution in [0.1, 0.15) is 44.2 Å². The molecule has 2 rings (SSSR count). The van der Waals surface area contributed by atoms with Gasteiger partial charge in [0.05, 0.1) is 0 Å². The third kappa shape index (κ3) is 3.08. The number of hydrogen-bond donors (Lipinski definition) is 1. The molecule has 0 aliphatic heterocycles. The molecule has 0 amide bonds. The van der Waals surface area contributed by atoms with E-state index < -0.39 is 0 Å². The van der Waals surface area contributed by atoms with Gasteiger partial charge in [-0.2, -0.15) is 0 Å². The molecular formula is C14H19BrFN. The van der Waals surface area contributed by atoms with Crippen molar-refractivity contribution in [2.24, 2.45) is 17.6 Å². The van der Waals surface area contributed by atoms with Crippen molar-refractivity contribution >= 4 is 15.9 Å². The van der Waals surface area contributed by atoms with Gasteiger partial charge in [0, 0.05) is 16.1 Å². The Hall–Kier alpha value is -0.410. The Balaban J connectivity index is 2.13. The highest BCUT2D eigenvalue weighted by atomic mass is 79.9. The van der Waals surface area contributed by atoms with E-state index in [1.807, 2.05) is 6.07 Å². The monoisotopic (exact) mass is 299 g/mol. The summed E-state index contributed by atoms with van der Waals surface area (Å²) in [5.74, 6) is 1.04. The zero-order chi connectivity index (χ0) is 12.4. The lowest BCUT2D eigenvalue weighted by Crippen LogP contribution is -2.26. The number of nitrogens with two attached hydrogens (primary N) is 1. The third-order valence-corrected chi connectivity index (χ3v) is 4.38.